The molecule has 0 unspecified atom stereocenters. The average molecular weight is 313 g/mol. The number of aliphatic hydroxyl groups excluding tert-OH is 1. The summed E-state index contributed by atoms with van der Waals surface area (Å²) in [4.78, 5) is 25.3. The molecule has 3 amide bonds. The Kier molecular flexibility index (Phi) is 5.71. The van der Waals surface area contributed by atoms with Gasteiger partial charge in [-0.3, -0.25) is 4.79 Å². The lowest BCUT2D eigenvalue weighted by molar-refractivity contribution is 0.102. The number of amides is 3. The number of urea groups is 1. The molecule has 0 saturated heterocycles. The van der Waals surface area contributed by atoms with Crippen LogP contribution in [0.4, 0.5) is 16.2 Å². The summed E-state index contributed by atoms with van der Waals surface area (Å²) in [5.41, 5.74) is 1.80. The van der Waals surface area contributed by atoms with Crippen LogP contribution in [0, 0.1) is 0 Å². The first kappa shape index (κ1) is 16.5. The molecule has 0 bridgehead atoms. The maximum absolute atomic E-state index is 12.1. The van der Waals surface area contributed by atoms with Crippen molar-refractivity contribution in [2.45, 2.75) is 0 Å². The Labute approximate surface area is 134 Å². The number of anilines is 2. The highest BCUT2D eigenvalue weighted by Crippen LogP contribution is 2.13. The molecule has 0 heterocycles. The van der Waals surface area contributed by atoms with E-state index in [1.165, 1.54) is 4.90 Å². The Morgan fingerprint density at radius 2 is 1.57 bits per heavy atom. The van der Waals surface area contributed by atoms with E-state index in [0.717, 1.165) is 5.69 Å². The van der Waals surface area contributed by atoms with Gasteiger partial charge in [-0.25, -0.2) is 4.79 Å². The van der Waals surface area contributed by atoms with E-state index in [1.54, 1.807) is 31.3 Å². The smallest absolute Gasteiger partial charge is 0.321 e. The zero-order valence-electron chi connectivity index (χ0n) is 12.8. The number of aliphatic hydroxyl groups is 1. The van der Waals surface area contributed by atoms with E-state index in [0.29, 0.717) is 11.3 Å². The second-order valence-electron chi connectivity index (χ2n) is 4.97. The van der Waals surface area contributed by atoms with Crippen molar-refractivity contribution in [3.8, 4) is 0 Å². The Bertz CT molecular complexity index is 657. The third kappa shape index (κ3) is 4.82. The van der Waals surface area contributed by atoms with Crippen LogP contribution in [0.1, 0.15) is 10.4 Å². The standard InChI is InChI=1S/C17H19N3O3/c1-20(11-12-21)17(23)19-15-9-7-13(8-10-15)16(22)18-14-5-3-2-4-6-14/h2-10,21H,11-12H2,1H3,(H,18,22)(H,19,23). The van der Waals surface area contributed by atoms with E-state index >= 15 is 0 Å². The Morgan fingerprint density at radius 3 is 2.17 bits per heavy atom. The van der Waals surface area contributed by atoms with E-state index in [-0.39, 0.29) is 25.1 Å². The molecule has 120 valence electrons. The number of nitrogens with zero attached hydrogens (tertiary/aromatic N) is 1. The molecule has 6 heteroatoms. The topological polar surface area (TPSA) is 81.7 Å². The maximum atomic E-state index is 12.1. The number of carbonyl (C=O) groups is 2. The zero-order chi connectivity index (χ0) is 16.7. The van der Waals surface area contributed by atoms with Crippen molar-refractivity contribution in [3.05, 3.63) is 60.2 Å². The van der Waals surface area contributed by atoms with E-state index in [2.05, 4.69) is 10.6 Å². The van der Waals surface area contributed by atoms with Crippen LogP contribution >= 0.6 is 0 Å². The Morgan fingerprint density at radius 1 is 0.957 bits per heavy atom. The fourth-order valence-corrected chi connectivity index (χ4v) is 1.90. The minimum atomic E-state index is -0.319. The summed E-state index contributed by atoms with van der Waals surface area (Å²) in [5, 5.41) is 14.3. The van der Waals surface area contributed by atoms with Gasteiger partial charge in [-0.2, -0.15) is 0 Å². The third-order valence-corrected chi connectivity index (χ3v) is 3.21. The van der Waals surface area contributed by atoms with Gasteiger partial charge < -0.3 is 20.6 Å². The van der Waals surface area contributed by atoms with E-state index in [1.807, 2.05) is 30.3 Å². The summed E-state index contributed by atoms with van der Waals surface area (Å²) in [7, 11) is 1.59. The van der Waals surface area contributed by atoms with Gasteiger partial charge in [0, 0.05) is 30.5 Å². The second-order valence-corrected chi connectivity index (χ2v) is 4.97. The van der Waals surface area contributed by atoms with Crippen LogP contribution < -0.4 is 10.6 Å². The molecular formula is C17H19N3O3. The molecule has 23 heavy (non-hydrogen) atoms. The Hall–Kier alpha value is -2.86. The first-order valence-corrected chi connectivity index (χ1v) is 7.19. The summed E-state index contributed by atoms with van der Waals surface area (Å²) in [6.45, 7) is 0.159. The molecule has 2 aromatic carbocycles. The molecule has 0 aliphatic heterocycles. The number of para-hydroxylation sites is 1. The fourth-order valence-electron chi connectivity index (χ4n) is 1.90. The first-order valence-electron chi connectivity index (χ1n) is 7.19. The van der Waals surface area contributed by atoms with Gasteiger partial charge in [-0.15, -0.1) is 0 Å². The highest BCUT2D eigenvalue weighted by atomic mass is 16.3. The lowest BCUT2D eigenvalue weighted by Crippen LogP contribution is -2.33. The number of hydrogen-bond acceptors (Lipinski definition) is 3. The third-order valence-electron chi connectivity index (χ3n) is 3.21. The molecule has 6 nitrogen and oxygen atoms in total. The molecule has 0 aromatic heterocycles. The van der Waals surface area contributed by atoms with E-state index < -0.39 is 0 Å². The van der Waals surface area contributed by atoms with Gasteiger partial charge in [0.1, 0.15) is 0 Å². The molecule has 0 aliphatic carbocycles. The molecule has 0 spiro atoms. The quantitative estimate of drug-likeness (QED) is 0.793. The van der Waals surface area contributed by atoms with Gasteiger partial charge in [0.2, 0.25) is 0 Å². The number of benzene rings is 2. The van der Waals surface area contributed by atoms with Crippen LogP contribution in [0.3, 0.4) is 0 Å². The minimum absolute atomic E-state index is 0.0947. The highest BCUT2D eigenvalue weighted by Gasteiger charge is 2.09. The normalized spacial score (nSPS) is 10.0. The van der Waals surface area contributed by atoms with Crippen molar-refractivity contribution in [2.75, 3.05) is 30.8 Å². The van der Waals surface area contributed by atoms with Crippen LogP contribution in [0.2, 0.25) is 0 Å². The van der Waals surface area contributed by atoms with Crippen molar-refractivity contribution in [3.63, 3.8) is 0 Å². The van der Waals surface area contributed by atoms with Crippen LogP contribution in [0.5, 0.6) is 0 Å². The average Bonchev–Trinajstić information content (AvgIpc) is 2.56. The molecule has 2 rings (SSSR count). The minimum Gasteiger partial charge on any atom is -0.395 e. The Balaban J connectivity index is 1.96. The highest BCUT2D eigenvalue weighted by molar-refractivity contribution is 6.04. The van der Waals surface area contributed by atoms with Gasteiger partial charge in [0.05, 0.1) is 6.61 Å². The lowest BCUT2D eigenvalue weighted by Gasteiger charge is -2.16. The molecular weight excluding hydrogens is 294 g/mol. The zero-order valence-corrected chi connectivity index (χ0v) is 12.8. The summed E-state index contributed by atoms with van der Waals surface area (Å²) in [6.07, 6.45) is 0. The number of rotatable bonds is 5. The van der Waals surface area contributed by atoms with Crippen LogP contribution in [-0.2, 0) is 0 Å². The maximum Gasteiger partial charge on any atom is 0.321 e. The number of likely N-dealkylation sites (N-methyl/N-ethyl adjacent to an activating group) is 1. The first-order chi connectivity index (χ1) is 11.1. The predicted molar refractivity (Wildman–Crippen MR) is 89.6 cm³/mol. The summed E-state index contributed by atoms with van der Waals surface area (Å²) >= 11 is 0. The van der Waals surface area contributed by atoms with Gasteiger partial charge in [0.25, 0.3) is 5.91 Å². The second kappa shape index (κ2) is 7.95. The monoisotopic (exact) mass is 313 g/mol. The molecule has 0 atom stereocenters. The van der Waals surface area contributed by atoms with Crippen molar-refractivity contribution >= 4 is 23.3 Å². The summed E-state index contributed by atoms with van der Waals surface area (Å²) in [6, 6.07) is 15.5. The number of carbonyl (C=O) groups excluding carboxylic acids is 2. The summed E-state index contributed by atoms with van der Waals surface area (Å²) in [5.74, 6) is -0.216. The van der Waals surface area contributed by atoms with Crippen LogP contribution in [-0.4, -0.2) is 42.1 Å². The predicted octanol–water partition coefficient (Wildman–Crippen LogP) is 2.39. The fraction of sp³-hybridized carbons (Fsp3) is 0.176. The molecule has 0 saturated carbocycles. The van der Waals surface area contributed by atoms with E-state index in [4.69, 9.17) is 5.11 Å². The molecule has 3 N–H and O–H groups in total. The number of nitrogens with one attached hydrogen (secondary N) is 2. The lowest BCUT2D eigenvalue weighted by atomic mass is 10.2. The van der Waals surface area contributed by atoms with Crippen molar-refractivity contribution < 1.29 is 14.7 Å². The van der Waals surface area contributed by atoms with Crippen LogP contribution in [0.15, 0.2) is 54.6 Å². The molecule has 0 fully saturated rings. The SMILES string of the molecule is CN(CCO)C(=O)Nc1ccc(C(=O)Nc2ccccc2)cc1. The van der Waals surface area contributed by atoms with Crippen LogP contribution in [0.25, 0.3) is 0 Å². The van der Waals surface area contributed by atoms with Gasteiger partial charge in [-0.05, 0) is 36.4 Å². The molecule has 2 aromatic rings. The van der Waals surface area contributed by atoms with E-state index in [9.17, 15) is 9.59 Å². The van der Waals surface area contributed by atoms with Crippen molar-refractivity contribution in [1.82, 2.24) is 4.90 Å². The summed E-state index contributed by atoms with van der Waals surface area (Å²) < 4.78 is 0. The van der Waals surface area contributed by atoms with Gasteiger partial charge >= 0.3 is 6.03 Å². The molecule has 0 radical (unpaired) electrons. The van der Waals surface area contributed by atoms with Crippen molar-refractivity contribution in [2.24, 2.45) is 0 Å². The van der Waals surface area contributed by atoms with Gasteiger partial charge in [0.15, 0.2) is 0 Å². The number of hydrogen-bond donors (Lipinski definition) is 3. The van der Waals surface area contributed by atoms with Gasteiger partial charge in [-0.1, -0.05) is 18.2 Å². The largest absolute Gasteiger partial charge is 0.395 e. The van der Waals surface area contributed by atoms with Crippen molar-refractivity contribution in [1.29, 1.82) is 0 Å². The molecule has 0 aliphatic rings.